The highest BCUT2D eigenvalue weighted by Crippen LogP contribution is 2.30. The molecule has 84 valence electrons. The molecule has 1 saturated heterocycles. The Labute approximate surface area is 88.8 Å². The number of hydrogen-bond donors (Lipinski definition) is 1. The summed E-state index contributed by atoms with van der Waals surface area (Å²) in [5, 5.41) is 0. The van der Waals surface area contributed by atoms with E-state index in [9.17, 15) is 0 Å². The third-order valence-electron chi connectivity index (χ3n) is 3.79. The van der Waals surface area contributed by atoms with Gasteiger partial charge in [0, 0.05) is 24.2 Å². The molecule has 2 nitrogen and oxygen atoms in total. The van der Waals surface area contributed by atoms with Gasteiger partial charge < -0.3 is 5.73 Å². The molecule has 0 aromatic rings. The summed E-state index contributed by atoms with van der Waals surface area (Å²) in [7, 11) is 0. The molecule has 0 unspecified atom stereocenters. The zero-order chi connectivity index (χ0) is 11.0. The van der Waals surface area contributed by atoms with Crippen molar-refractivity contribution in [1.29, 1.82) is 0 Å². The molecule has 0 atom stereocenters. The molecular formula is C12H26N2. The molecule has 1 heterocycles. The van der Waals surface area contributed by atoms with Gasteiger partial charge in [-0.1, -0.05) is 13.8 Å². The number of nitrogens with zero attached hydrogens (tertiary/aromatic N) is 1. The molecule has 1 rings (SSSR count). The van der Waals surface area contributed by atoms with Crippen LogP contribution in [0.4, 0.5) is 0 Å². The second kappa shape index (κ2) is 3.82. The van der Waals surface area contributed by atoms with Crippen LogP contribution in [-0.2, 0) is 0 Å². The summed E-state index contributed by atoms with van der Waals surface area (Å²) in [4.78, 5) is 2.54. The Morgan fingerprint density at radius 3 is 1.86 bits per heavy atom. The fourth-order valence-electron chi connectivity index (χ4n) is 2.17. The van der Waals surface area contributed by atoms with Gasteiger partial charge in [-0.05, 0) is 39.5 Å². The van der Waals surface area contributed by atoms with Gasteiger partial charge in [-0.25, -0.2) is 0 Å². The highest BCUT2D eigenvalue weighted by atomic mass is 15.2. The first-order chi connectivity index (χ1) is 6.26. The SMILES string of the molecule is CC(C)C1(N)CCN(C(C)(C)C)CC1. The van der Waals surface area contributed by atoms with E-state index >= 15 is 0 Å². The van der Waals surface area contributed by atoms with Crippen LogP contribution in [0.15, 0.2) is 0 Å². The van der Waals surface area contributed by atoms with E-state index in [1.54, 1.807) is 0 Å². The summed E-state index contributed by atoms with van der Waals surface area (Å²) in [6.07, 6.45) is 2.28. The van der Waals surface area contributed by atoms with Crippen LogP contribution in [0.25, 0.3) is 0 Å². The molecule has 2 heteroatoms. The maximum absolute atomic E-state index is 6.38. The first-order valence-corrected chi connectivity index (χ1v) is 5.80. The second-order valence-electron chi connectivity index (χ2n) is 6.05. The second-order valence-corrected chi connectivity index (χ2v) is 6.05. The Morgan fingerprint density at radius 2 is 1.57 bits per heavy atom. The number of nitrogens with two attached hydrogens (primary N) is 1. The van der Waals surface area contributed by atoms with Crippen molar-refractivity contribution in [3.05, 3.63) is 0 Å². The molecule has 0 bridgehead atoms. The lowest BCUT2D eigenvalue weighted by Crippen LogP contribution is -2.57. The standard InChI is InChI=1S/C12H26N2/c1-10(2)12(13)6-8-14(9-7-12)11(3,4)5/h10H,6-9,13H2,1-5H3. The topological polar surface area (TPSA) is 29.3 Å². The highest BCUT2D eigenvalue weighted by Gasteiger charge is 2.36. The summed E-state index contributed by atoms with van der Waals surface area (Å²) >= 11 is 0. The van der Waals surface area contributed by atoms with Gasteiger partial charge in [0.2, 0.25) is 0 Å². The molecule has 2 N–H and O–H groups in total. The fourth-order valence-corrected chi connectivity index (χ4v) is 2.17. The van der Waals surface area contributed by atoms with E-state index in [-0.39, 0.29) is 5.54 Å². The average Bonchev–Trinajstić information content (AvgIpc) is 2.03. The minimum absolute atomic E-state index is 0.0851. The lowest BCUT2D eigenvalue weighted by molar-refractivity contribution is 0.0612. The van der Waals surface area contributed by atoms with Crippen LogP contribution in [0.1, 0.15) is 47.5 Å². The van der Waals surface area contributed by atoms with Gasteiger partial charge in [0.15, 0.2) is 0 Å². The van der Waals surface area contributed by atoms with Crippen LogP contribution in [0, 0.1) is 5.92 Å². The van der Waals surface area contributed by atoms with Crippen LogP contribution in [0.2, 0.25) is 0 Å². The van der Waals surface area contributed by atoms with E-state index in [2.05, 4.69) is 39.5 Å². The Morgan fingerprint density at radius 1 is 1.14 bits per heavy atom. The molecule has 0 spiro atoms. The Balaban J connectivity index is 2.54. The summed E-state index contributed by atoms with van der Waals surface area (Å²) in [5.41, 5.74) is 6.77. The average molecular weight is 198 g/mol. The molecule has 0 radical (unpaired) electrons. The van der Waals surface area contributed by atoms with Crippen molar-refractivity contribution in [2.24, 2.45) is 11.7 Å². The van der Waals surface area contributed by atoms with Crippen LogP contribution in [0.5, 0.6) is 0 Å². The van der Waals surface area contributed by atoms with Gasteiger partial charge in [0.25, 0.3) is 0 Å². The van der Waals surface area contributed by atoms with Gasteiger partial charge in [0.05, 0.1) is 0 Å². The molecule has 0 amide bonds. The third kappa shape index (κ3) is 2.48. The van der Waals surface area contributed by atoms with Gasteiger partial charge >= 0.3 is 0 Å². The number of hydrogen-bond acceptors (Lipinski definition) is 2. The Kier molecular flexibility index (Phi) is 3.27. The first kappa shape index (κ1) is 12.0. The summed E-state index contributed by atoms with van der Waals surface area (Å²) in [6, 6.07) is 0. The highest BCUT2D eigenvalue weighted by molar-refractivity contribution is 4.95. The molecule has 0 saturated carbocycles. The molecule has 0 aromatic carbocycles. The van der Waals surface area contributed by atoms with E-state index in [0.717, 1.165) is 25.9 Å². The maximum atomic E-state index is 6.38. The van der Waals surface area contributed by atoms with E-state index in [1.165, 1.54) is 0 Å². The summed E-state index contributed by atoms with van der Waals surface area (Å²) < 4.78 is 0. The smallest absolute Gasteiger partial charge is 0.0202 e. The zero-order valence-electron chi connectivity index (χ0n) is 10.4. The van der Waals surface area contributed by atoms with Crippen LogP contribution in [-0.4, -0.2) is 29.1 Å². The third-order valence-corrected chi connectivity index (χ3v) is 3.79. The van der Waals surface area contributed by atoms with Crippen molar-refractivity contribution in [3.63, 3.8) is 0 Å². The Bertz CT molecular complexity index is 183. The van der Waals surface area contributed by atoms with E-state index in [0.29, 0.717) is 11.5 Å². The molecule has 14 heavy (non-hydrogen) atoms. The van der Waals surface area contributed by atoms with Gasteiger partial charge in [-0.15, -0.1) is 0 Å². The van der Waals surface area contributed by atoms with Crippen molar-refractivity contribution in [2.45, 2.75) is 58.5 Å². The summed E-state index contributed by atoms with van der Waals surface area (Å²) in [5.74, 6) is 0.601. The predicted octanol–water partition coefficient (Wildman–Crippen LogP) is 2.23. The van der Waals surface area contributed by atoms with Crippen LogP contribution in [0.3, 0.4) is 0 Å². The number of piperidine rings is 1. The van der Waals surface area contributed by atoms with Crippen molar-refractivity contribution < 1.29 is 0 Å². The number of rotatable bonds is 1. The largest absolute Gasteiger partial charge is 0.325 e. The molecule has 1 aliphatic heterocycles. The van der Waals surface area contributed by atoms with Gasteiger partial charge in [0.1, 0.15) is 0 Å². The van der Waals surface area contributed by atoms with Crippen molar-refractivity contribution in [1.82, 2.24) is 4.90 Å². The molecule has 0 aliphatic carbocycles. The van der Waals surface area contributed by atoms with Crippen molar-refractivity contribution >= 4 is 0 Å². The maximum Gasteiger partial charge on any atom is 0.0202 e. The van der Waals surface area contributed by atoms with Crippen molar-refractivity contribution in [2.75, 3.05) is 13.1 Å². The monoisotopic (exact) mass is 198 g/mol. The minimum atomic E-state index is 0.0851. The van der Waals surface area contributed by atoms with Gasteiger partial charge in [-0.3, -0.25) is 4.90 Å². The minimum Gasteiger partial charge on any atom is -0.325 e. The lowest BCUT2D eigenvalue weighted by Gasteiger charge is -2.46. The van der Waals surface area contributed by atoms with Crippen molar-refractivity contribution in [3.8, 4) is 0 Å². The lowest BCUT2D eigenvalue weighted by atomic mass is 9.78. The van der Waals surface area contributed by atoms with E-state index in [1.807, 2.05) is 0 Å². The quantitative estimate of drug-likeness (QED) is 0.700. The van der Waals surface area contributed by atoms with Crippen LogP contribution >= 0.6 is 0 Å². The summed E-state index contributed by atoms with van der Waals surface area (Å²) in [6.45, 7) is 13.6. The van der Waals surface area contributed by atoms with E-state index in [4.69, 9.17) is 5.73 Å². The first-order valence-electron chi connectivity index (χ1n) is 5.80. The van der Waals surface area contributed by atoms with Gasteiger partial charge in [-0.2, -0.15) is 0 Å². The normalized spacial score (nSPS) is 24.2. The molecular weight excluding hydrogens is 172 g/mol. The zero-order valence-corrected chi connectivity index (χ0v) is 10.4. The van der Waals surface area contributed by atoms with E-state index < -0.39 is 0 Å². The molecule has 1 fully saturated rings. The van der Waals surface area contributed by atoms with Crippen LogP contribution < -0.4 is 5.73 Å². The Hall–Kier alpha value is -0.0800. The molecule has 0 aromatic heterocycles. The number of likely N-dealkylation sites (tertiary alicyclic amines) is 1. The fraction of sp³-hybridized carbons (Fsp3) is 1.00. The predicted molar refractivity (Wildman–Crippen MR) is 62.3 cm³/mol. The molecule has 1 aliphatic rings.